The molecule has 4 rings (SSSR count). The van der Waals surface area contributed by atoms with Crippen molar-refractivity contribution >= 4 is 33.1 Å². The molecule has 3 aromatic rings. The minimum absolute atomic E-state index is 0.538. The van der Waals surface area contributed by atoms with Gasteiger partial charge in [0.05, 0.1) is 30.0 Å². The summed E-state index contributed by atoms with van der Waals surface area (Å²) in [4.78, 5) is 8.76. The number of anilines is 1. The van der Waals surface area contributed by atoms with Gasteiger partial charge in [0.1, 0.15) is 17.2 Å². The van der Waals surface area contributed by atoms with Gasteiger partial charge in [-0.15, -0.1) is 11.3 Å². The van der Waals surface area contributed by atoms with E-state index in [0.29, 0.717) is 18.9 Å². The first kappa shape index (κ1) is 14.7. The Labute approximate surface area is 137 Å². The third-order valence-electron chi connectivity index (χ3n) is 4.40. The van der Waals surface area contributed by atoms with E-state index in [9.17, 15) is 0 Å². The first-order chi connectivity index (χ1) is 11.3. The Morgan fingerprint density at radius 3 is 3.17 bits per heavy atom. The van der Waals surface area contributed by atoms with Gasteiger partial charge in [-0.1, -0.05) is 5.10 Å². The van der Waals surface area contributed by atoms with E-state index in [1.165, 1.54) is 22.4 Å². The Kier molecular flexibility index (Phi) is 3.83. The van der Waals surface area contributed by atoms with Crippen LogP contribution in [0.2, 0.25) is 0 Å². The SMILES string of the molecule is CC[NH+]1CCc2c(sc3c2c(NCCOC)nc2nnnn23)C1. The van der Waals surface area contributed by atoms with E-state index in [4.69, 9.17) is 4.74 Å². The molecule has 1 aliphatic heterocycles. The number of rotatable bonds is 5. The number of nitrogens with zero attached hydrogens (tertiary/aromatic N) is 5. The summed E-state index contributed by atoms with van der Waals surface area (Å²) in [6, 6.07) is 0. The summed E-state index contributed by atoms with van der Waals surface area (Å²) < 4.78 is 6.89. The van der Waals surface area contributed by atoms with Gasteiger partial charge in [-0.2, -0.15) is 9.50 Å². The van der Waals surface area contributed by atoms with Crippen molar-refractivity contribution in [3.63, 3.8) is 0 Å². The van der Waals surface area contributed by atoms with E-state index < -0.39 is 0 Å². The Morgan fingerprint density at radius 1 is 1.43 bits per heavy atom. The number of thiophene rings is 1. The van der Waals surface area contributed by atoms with Crippen molar-refractivity contribution < 1.29 is 9.64 Å². The fraction of sp³-hybridized carbons (Fsp3) is 0.571. The van der Waals surface area contributed by atoms with E-state index in [-0.39, 0.29) is 0 Å². The Balaban J connectivity index is 1.87. The molecule has 1 aliphatic rings. The predicted molar refractivity (Wildman–Crippen MR) is 88.1 cm³/mol. The molecule has 0 aliphatic carbocycles. The lowest BCUT2D eigenvalue weighted by Crippen LogP contribution is -3.11. The summed E-state index contributed by atoms with van der Waals surface area (Å²) in [6.45, 7) is 7.00. The summed E-state index contributed by atoms with van der Waals surface area (Å²) in [6.07, 6.45) is 1.08. The predicted octanol–water partition coefficient (Wildman–Crippen LogP) is -0.247. The van der Waals surface area contributed by atoms with Crippen LogP contribution in [0.5, 0.6) is 0 Å². The molecule has 1 atom stereocenters. The molecule has 4 heterocycles. The van der Waals surface area contributed by atoms with Crippen LogP contribution in [0, 0.1) is 0 Å². The number of hydrogen-bond donors (Lipinski definition) is 2. The fourth-order valence-corrected chi connectivity index (χ4v) is 4.52. The first-order valence-corrected chi connectivity index (χ1v) is 8.72. The molecule has 0 amide bonds. The van der Waals surface area contributed by atoms with Crippen molar-refractivity contribution in [1.82, 2.24) is 25.0 Å². The van der Waals surface area contributed by atoms with E-state index in [2.05, 4.69) is 32.7 Å². The highest BCUT2D eigenvalue weighted by Crippen LogP contribution is 2.36. The largest absolute Gasteiger partial charge is 0.383 e. The summed E-state index contributed by atoms with van der Waals surface area (Å²) in [5.74, 6) is 1.41. The number of fused-ring (bicyclic) bond motifs is 5. The number of aromatic nitrogens is 5. The second kappa shape index (κ2) is 5.99. The molecule has 23 heavy (non-hydrogen) atoms. The van der Waals surface area contributed by atoms with Crippen molar-refractivity contribution in [1.29, 1.82) is 0 Å². The lowest BCUT2D eigenvalue weighted by Gasteiger charge is -2.22. The van der Waals surface area contributed by atoms with E-state index in [1.807, 2.05) is 0 Å². The van der Waals surface area contributed by atoms with Crippen LogP contribution >= 0.6 is 11.3 Å². The quantitative estimate of drug-likeness (QED) is 0.627. The first-order valence-electron chi connectivity index (χ1n) is 7.90. The van der Waals surface area contributed by atoms with Crippen LogP contribution in [0.15, 0.2) is 0 Å². The molecule has 0 saturated heterocycles. The lowest BCUT2D eigenvalue weighted by molar-refractivity contribution is -0.913. The number of nitrogens with one attached hydrogen (secondary N) is 2. The lowest BCUT2D eigenvalue weighted by atomic mass is 10.1. The minimum atomic E-state index is 0.538. The van der Waals surface area contributed by atoms with Crippen molar-refractivity contribution in [2.24, 2.45) is 0 Å². The van der Waals surface area contributed by atoms with Crippen molar-refractivity contribution in [3.8, 4) is 0 Å². The summed E-state index contributed by atoms with van der Waals surface area (Å²) in [5.41, 5.74) is 1.41. The standard InChI is InChI=1S/C14H19N7OS/c1-3-20-6-4-9-10(8-20)23-13-11(9)12(15-5-7-22-2)16-14-17-18-19-21(13)14/h3-8H2,1-2H3,(H,15,16,17,19)/p+1. The van der Waals surface area contributed by atoms with Gasteiger partial charge in [0.25, 0.3) is 5.78 Å². The van der Waals surface area contributed by atoms with Gasteiger partial charge in [0, 0.05) is 20.1 Å². The molecule has 2 N–H and O–H groups in total. The average molecular weight is 334 g/mol. The van der Waals surface area contributed by atoms with Gasteiger partial charge in [-0.05, 0) is 22.9 Å². The van der Waals surface area contributed by atoms with Crippen LogP contribution in [0.25, 0.3) is 16.0 Å². The summed E-state index contributed by atoms with van der Waals surface area (Å²) in [7, 11) is 1.70. The molecule has 0 saturated carbocycles. The molecule has 8 nitrogen and oxygen atoms in total. The average Bonchev–Trinajstić information content (AvgIpc) is 3.18. The molecular formula is C14H20N7OS+. The highest BCUT2D eigenvalue weighted by Gasteiger charge is 2.26. The highest BCUT2D eigenvalue weighted by atomic mass is 32.1. The molecule has 0 fully saturated rings. The maximum atomic E-state index is 5.13. The number of ether oxygens (including phenoxy) is 1. The van der Waals surface area contributed by atoms with Crippen LogP contribution in [0.1, 0.15) is 17.4 Å². The van der Waals surface area contributed by atoms with Crippen LogP contribution < -0.4 is 10.2 Å². The zero-order chi connectivity index (χ0) is 15.8. The smallest absolute Gasteiger partial charge is 0.276 e. The molecular weight excluding hydrogens is 314 g/mol. The van der Waals surface area contributed by atoms with Crippen LogP contribution in [-0.4, -0.2) is 58.4 Å². The van der Waals surface area contributed by atoms with Gasteiger partial charge < -0.3 is 15.0 Å². The van der Waals surface area contributed by atoms with Gasteiger partial charge >= 0.3 is 0 Å². The van der Waals surface area contributed by atoms with Gasteiger partial charge in [0.2, 0.25) is 0 Å². The number of tetrazole rings is 1. The van der Waals surface area contributed by atoms with Gasteiger partial charge in [-0.3, -0.25) is 0 Å². The van der Waals surface area contributed by atoms with E-state index in [0.717, 1.165) is 30.2 Å². The van der Waals surface area contributed by atoms with Gasteiger partial charge in [-0.25, -0.2) is 0 Å². The zero-order valence-electron chi connectivity index (χ0n) is 13.3. The molecule has 0 spiro atoms. The molecule has 0 radical (unpaired) electrons. The normalized spacial score (nSPS) is 17.7. The molecule has 0 aromatic carbocycles. The second-order valence-electron chi connectivity index (χ2n) is 5.73. The molecule has 0 bridgehead atoms. The number of hydrogen-bond acceptors (Lipinski definition) is 7. The summed E-state index contributed by atoms with van der Waals surface area (Å²) >= 11 is 1.79. The molecule has 1 unspecified atom stereocenters. The van der Waals surface area contributed by atoms with Gasteiger partial charge in [0.15, 0.2) is 0 Å². The number of likely N-dealkylation sites (N-methyl/N-ethyl adjacent to an activating group) is 1. The van der Waals surface area contributed by atoms with Crippen molar-refractivity contribution in [2.75, 3.05) is 38.7 Å². The summed E-state index contributed by atoms with van der Waals surface area (Å²) in [5, 5.41) is 16.5. The Hall–Kier alpha value is -1.84. The van der Waals surface area contributed by atoms with E-state index >= 15 is 0 Å². The Bertz CT molecular complexity index is 842. The van der Waals surface area contributed by atoms with Crippen LogP contribution in [-0.2, 0) is 17.7 Å². The molecule has 3 aromatic heterocycles. The Morgan fingerprint density at radius 2 is 2.35 bits per heavy atom. The third-order valence-corrected chi connectivity index (χ3v) is 5.61. The van der Waals surface area contributed by atoms with Crippen molar-refractivity contribution in [2.45, 2.75) is 19.9 Å². The fourth-order valence-electron chi connectivity index (χ4n) is 3.16. The maximum Gasteiger partial charge on any atom is 0.276 e. The number of methoxy groups -OCH3 is 1. The second-order valence-corrected chi connectivity index (χ2v) is 6.82. The zero-order valence-corrected chi connectivity index (χ0v) is 14.1. The van der Waals surface area contributed by atoms with Crippen LogP contribution in [0.4, 0.5) is 5.82 Å². The van der Waals surface area contributed by atoms with E-state index in [1.54, 1.807) is 27.9 Å². The monoisotopic (exact) mass is 334 g/mol. The molecule has 122 valence electrons. The minimum Gasteiger partial charge on any atom is -0.383 e. The maximum absolute atomic E-state index is 5.13. The van der Waals surface area contributed by atoms with Crippen LogP contribution in [0.3, 0.4) is 0 Å². The third kappa shape index (κ3) is 2.44. The topological polar surface area (TPSA) is 81.7 Å². The molecule has 9 heteroatoms. The number of quaternary nitrogens is 1. The highest BCUT2D eigenvalue weighted by molar-refractivity contribution is 7.19. The van der Waals surface area contributed by atoms with Crippen molar-refractivity contribution in [3.05, 3.63) is 10.4 Å².